The van der Waals surface area contributed by atoms with Gasteiger partial charge in [-0.2, -0.15) is 0 Å². The van der Waals surface area contributed by atoms with Crippen LogP contribution in [0.1, 0.15) is 93.1 Å². The van der Waals surface area contributed by atoms with Crippen LogP contribution < -0.4 is 10.6 Å². The van der Waals surface area contributed by atoms with E-state index in [-0.39, 0.29) is 17.7 Å². The third-order valence-electron chi connectivity index (χ3n) is 9.15. The Balaban J connectivity index is 1.59. The van der Waals surface area contributed by atoms with Crippen molar-refractivity contribution in [1.29, 1.82) is 0 Å². The molecule has 2 aromatic carbocycles. The highest BCUT2D eigenvalue weighted by Gasteiger charge is 2.57. The highest BCUT2D eigenvalue weighted by atomic mass is 16.8. The molecule has 53 heavy (non-hydrogen) atoms. The lowest BCUT2D eigenvalue weighted by Crippen LogP contribution is -2.68. The van der Waals surface area contributed by atoms with Crippen molar-refractivity contribution in [2.75, 3.05) is 6.54 Å². The molecule has 0 bridgehead atoms. The van der Waals surface area contributed by atoms with Crippen LogP contribution in [0.5, 0.6) is 5.75 Å². The molecule has 1 unspecified atom stereocenters. The van der Waals surface area contributed by atoms with Crippen LogP contribution in [-0.2, 0) is 39.8 Å². The third-order valence-corrected chi connectivity index (χ3v) is 9.15. The van der Waals surface area contributed by atoms with Gasteiger partial charge < -0.3 is 55.1 Å². The van der Waals surface area contributed by atoms with Crippen LogP contribution in [0.4, 0.5) is 0 Å². The molecule has 0 aliphatic carbocycles. The number of carboxylic acids is 1. The molecule has 2 aliphatic rings. The van der Waals surface area contributed by atoms with Crippen molar-refractivity contribution in [3.05, 3.63) is 64.2 Å². The number of aliphatic hydroxyl groups excluding tert-OH is 3. The second-order valence-electron chi connectivity index (χ2n) is 15.4. The summed E-state index contributed by atoms with van der Waals surface area (Å²) >= 11 is 0. The van der Waals surface area contributed by atoms with Gasteiger partial charge in [0.2, 0.25) is 5.91 Å². The van der Waals surface area contributed by atoms with E-state index in [1.807, 2.05) is 0 Å². The predicted molar refractivity (Wildman–Crippen MR) is 189 cm³/mol. The predicted octanol–water partition coefficient (Wildman–Crippen LogP) is 2.11. The lowest BCUT2D eigenvalue weighted by atomic mass is 9.79. The Morgan fingerprint density at radius 2 is 1.66 bits per heavy atom. The van der Waals surface area contributed by atoms with Crippen LogP contribution in [0.3, 0.4) is 0 Å². The number of esters is 1. The molecular weight excluding hydrogens is 692 g/mol. The summed E-state index contributed by atoms with van der Waals surface area (Å²) in [6.45, 7) is 12.5. The minimum Gasteiger partial charge on any atom is -0.507 e. The van der Waals surface area contributed by atoms with Gasteiger partial charge in [0.25, 0.3) is 5.91 Å². The highest BCUT2D eigenvalue weighted by molar-refractivity contribution is 5.95. The molecule has 2 fully saturated rings. The number of hydrogen-bond donors (Lipinski definition) is 7. The van der Waals surface area contributed by atoms with Gasteiger partial charge in [-0.3, -0.25) is 14.4 Å². The molecule has 2 heterocycles. The Labute approximate surface area is 308 Å². The molecule has 292 valence electrons. The topological polar surface area (TPSA) is 230 Å². The van der Waals surface area contributed by atoms with Gasteiger partial charge in [0.05, 0.1) is 30.8 Å². The summed E-state index contributed by atoms with van der Waals surface area (Å²) in [4.78, 5) is 50.8. The van der Waals surface area contributed by atoms with Crippen molar-refractivity contribution >= 4 is 23.8 Å². The zero-order valence-electron chi connectivity index (χ0n) is 31.3. The molecule has 0 aromatic heterocycles. The molecule has 0 spiro atoms. The number of ether oxygens (including phenoxy) is 4. The average molecular weight is 745 g/mol. The second-order valence-corrected chi connectivity index (χ2v) is 15.4. The van der Waals surface area contributed by atoms with Crippen LogP contribution in [0, 0.1) is 13.8 Å². The molecule has 0 radical (unpaired) electrons. The Morgan fingerprint density at radius 1 is 1.02 bits per heavy atom. The number of aliphatic carboxylic acids is 1. The smallest absolute Gasteiger partial charge is 0.336 e. The minimum atomic E-state index is -2.22. The van der Waals surface area contributed by atoms with Crippen molar-refractivity contribution in [3.8, 4) is 5.75 Å². The first-order chi connectivity index (χ1) is 24.5. The maximum atomic E-state index is 13.1. The Bertz CT molecular complexity index is 1670. The standard InChI is InChI=1S/C38H52N2O13/c1-19-12-24(13-20(2)30(19)45)34(47)39-18-26(43)31(46)33-29(40-21(3)41)25(42)16-38(53-33,35(48)49)17-27-32(52-37(7,8)50-27)23-11-9-10-22(14-23)15-28(44)51-36(4,5)6/h9-14,25-27,29,31-33,42-43,45-46H,15-18H2,1-8H3,(H,39,47)(H,40,41)(H,48,49)/t25-,26+,27?,29+,31+,32-,33+,38-/m0/s1. The van der Waals surface area contributed by atoms with E-state index in [1.165, 1.54) is 19.1 Å². The van der Waals surface area contributed by atoms with Crippen molar-refractivity contribution in [3.63, 3.8) is 0 Å². The maximum absolute atomic E-state index is 13.1. The van der Waals surface area contributed by atoms with Gasteiger partial charge in [0.1, 0.15) is 29.7 Å². The quantitative estimate of drug-likeness (QED) is 0.155. The number of phenols is 1. The number of carbonyl (C=O) groups excluding carboxylic acids is 3. The van der Waals surface area contributed by atoms with E-state index in [1.54, 1.807) is 72.7 Å². The molecule has 2 aromatic rings. The fourth-order valence-electron chi connectivity index (χ4n) is 6.86. The van der Waals surface area contributed by atoms with Crippen molar-refractivity contribution < 1.29 is 63.7 Å². The van der Waals surface area contributed by atoms with E-state index in [2.05, 4.69) is 10.6 Å². The number of rotatable bonds is 12. The first-order valence-electron chi connectivity index (χ1n) is 17.5. The number of amides is 2. The molecule has 8 atom stereocenters. The van der Waals surface area contributed by atoms with Crippen molar-refractivity contribution in [1.82, 2.24) is 10.6 Å². The summed E-state index contributed by atoms with van der Waals surface area (Å²) in [6, 6.07) is 8.52. The Hall–Kier alpha value is -4.12. The molecule has 4 rings (SSSR count). The lowest BCUT2D eigenvalue weighted by Gasteiger charge is -2.48. The number of phenolic OH excluding ortho intramolecular Hbond substituents is 1. The Morgan fingerprint density at radius 3 is 2.25 bits per heavy atom. The molecule has 2 amide bonds. The average Bonchev–Trinajstić information content (AvgIpc) is 3.34. The molecule has 15 nitrogen and oxygen atoms in total. The maximum Gasteiger partial charge on any atom is 0.336 e. The second kappa shape index (κ2) is 16.1. The molecule has 0 saturated carbocycles. The van der Waals surface area contributed by atoms with Crippen LogP contribution in [-0.4, -0.2) is 109 Å². The molecular formula is C38H52N2O13. The monoisotopic (exact) mass is 744 g/mol. The zero-order chi connectivity index (χ0) is 39.6. The molecule has 2 saturated heterocycles. The summed E-state index contributed by atoms with van der Waals surface area (Å²) < 4.78 is 24.0. The van der Waals surface area contributed by atoms with Gasteiger partial charge in [0.15, 0.2) is 11.4 Å². The van der Waals surface area contributed by atoms with E-state index in [0.29, 0.717) is 22.3 Å². The number of aryl methyl sites for hydroxylation is 2. The number of carboxylic acid groups (broad SMARTS) is 1. The SMILES string of the molecule is CC(=O)N[C@H]1[C@H]([C@H](O)[C@H](O)CNC(=O)c2cc(C)c(O)c(C)c2)O[C@@](CC2OC(C)(C)O[C@H]2c2cccc(CC(=O)OC(C)(C)C)c2)(C(=O)O)C[C@@H]1O. The Kier molecular flexibility index (Phi) is 12.6. The molecule has 2 aliphatic heterocycles. The van der Waals surface area contributed by atoms with E-state index < -0.39 is 103 Å². The molecule has 15 heteroatoms. The lowest BCUT2D eigenvalue weighted by molar-refractivity contribution is -0.236. The van der Waals surface area contributed by atoms with Gasteiger partial charge in [-0.05, 0) is 82.9 Å². The summed E-state index contributed by atoms with van der Waals surface area (Å²) in [5.41, 5.74) is -0.585. The number of nitrogens with one attached hydrogen (secondary N) is 2. The summed E-state index contributed by atoms with van der Waals surface area (Å²) in [5, 5.41) is 59.5. The largest absolute Gasteiger partial charge is 0.507 e. The van der Waals surface area contributed by atoms with Gasteiger partial charge >= 0.3 is 11.9 Å². The number of aliphatic hydroxyl groups is 3. The van der Waals surface area contributed by atoms with Crippen LogP contribution in [0.15, 0.2) is 36.4 Å². The third kappa shape index (κ3) is 10.3. The van der Waals surface area contributed by atoms with Crippen LogP contribution >= 0.6 is 0 Å². The van der Waals surface area contributed by atoms with E-state index in [9.17, 15) is 44.7 Å². The van der Waals surface area contributed by atoms with E-state index in [4.69, 9.17) is 18.9 Å². The molecule has 7 N–H and O–H groups in total. The van der Waals surface area contributed by atoms with E-state index in [0.717, 1.165) is 0 Å². The first-order valence-corrected chi connectivity index (χ1v) is 17.5. The minimum absolute atomic E-state index is 0.0256. The highest BCUT2D eigenvalue weighted by Crippen LogP contribution is 2.45. The number of aromatic hydroxyl groups is 1. The fourth-order valence-corrected chi connectivity index (χ4v) is 6.86. The van der Waals surface area contributed by atoms with Crippen molar-refractivity contribution in [2.45, 2.75) is 134 Å². The first kappa shape index (κ1) is 41.6. The number of carbonyl (C=O) groups is 4. The van der Waals surface area contributed by atoms with Crippen molar-refractivity contribution in [2.24, 2.45) is 0 Å². The van der Waals surface area contributed by atoms with Gasteiger partial charge in [-0.25, -0.2) is 4.79 Å². The van der Waals surface area contributed by atoms with Crippen LogP contribution in [0.25, 0.3) is 0 Å². The van der Waals surface area contributed by atoms with Crippen LogP contribution in [0.2, 0.25) is 0 Å². The van der Waals surface area contributed by atoms with Gasteiger partial charge in [-0.1, -0.05) is 24.3 Å². The van der Waals surface area contributed by atoms with Gasteiger partial charge in [-0.15, -0.1) is 0 Å². The zero-order valence-corrected chi connectivity index (χ0v) is 31.3. The summed E-state index contributed by atoms with van der Waals surface area (Å²) in [7, 11) is 0. The normalized spacial score (nSPS) is 26.7. The van der Waals surface area contributed by atoms with E-state index >= 15 is 0 Å². The summed E-state index contributed by atoms with van der Waals surface area (Å²) in [6.07, 6.45) is -9.70. The number of hydrogen-bond acceptors (Lipinski definition) is 12. The fraction of sp³-hybridized carbons (Fsp3) is 0.579. The number of benzene rings is 2. The summed E-state index contributed by atoms with van der Waals surface area (Å²) in [5.74, 6) is -4.32. The van der Waals surface area contributed by atoms with Gasteiger partial charge in [0, 0.05) is 31.9 Å².